The Bertz CT molecular complexity index is 1050. The highest BCUT2D eigenvalue weighted by Gasteiger charge is 2.21. The lowest BCUT2D eigenvalue weighted by Gasteiger charge is -2.28. The number of hydrogen-bond donors (Lipinski definition) is 2. The van der Waals surface area contributed by atoms with E-state index in [0.29, 0.717) is 35.6 Å². The first-order chi connectivity index (χ1) is 15.3. The fraction of sp³-hybridized carbons (Fsp3) is 0.500. The summed E-state index contributed by atoms with van der Waals surface area (Å²) in [6, 6.07) is 7.96. The van der Waals surface area contributed by atoms with Crippen molar-refractivity contribution in [2.45, 2.75) is 19.3 Å². The van der Waals surface area contributed by atoms with Gasteiger partial charge in [0.25, 0.3) is 5.56 Å². The molecule has 1 aromatic carbocycles. The first kappa shape index (κ1) is 20.4. The summed E-state index contributed by atoms with van der Waals surface area (Å²) < 4.78 is 6.51. The molecule has 0 aliphatic carbocycles. The Morgan fingerprint density at radius 3 is 2.68 bits per heavy atom. The number of likely N-dealkylation sites (tertiary alicyclic amines) is 1. The van der Waals surface area contributed by atoms with E-state index in [1.165, 1.54) is 30.6 Å². The Morgan fingerprint density at radius 2 is 1.87 bits per heavy atom. The Morgan fingerprint density at radius 1 is 1.06 bits per heavy atom. The third-order valence-corrected chi connectivity index (χ3v) is 6.95. The monoisotopic (exact) mass is 440 g/mol. The van der Waals surface area contributed by atoms with E-state index in [1.54, 1.807) is 0 Å². The summed E-state index contributed by atoms with van der Waals surface area (Å²) >= 11 is 1.53. The van der Waals surface area contributed by atoms with Crippen molar-refractivity contribution in [2.24, 2.45) is 0 Å². The number of nitrogens with zero attached hydrogens (tertiary/aromatic N) is 4. The van der Waals surface area contributed by atoms with Crippen LogP contribution in [0.15, 0.2) is 29.1 Å². The lowest BCUT2D eigenvalue weighted by molar-refractivity contribution is 0.122. The summed E-state index contributed by atoms with van der Waals surface area (Å²) in [5.74, 6) is 1.21. The molecule has 3 aromatic rings. The molecule has 0 radical (unpaired) electrons. The molecular weight excluding hydrogens is 412 g/mol. The zero-order valence-electron chi connectivity index (χ0n) is 17.6. The van der Waals surface area contributed by atoms with Crippen LogP contribution in [0.1, 0.15) is 19.3 Å². The Kier molecular flexibility index (Phi) is 6.15. The van der Waals surface area contributed by atoms with E-state index in [2.05, 4.69) is 20.1 Å². The smallest absolute Gasteiger partial charge is 0.264 e. The van der Waals surface area contributed by atoms with Gasteiger partial charge in [-0.05, 0) is 38.1 Å². The molecule has 2 fully saturated rings. The van der Waals surface area contributed by atoms with Crippen LogP contribution in [0.4, 0.5) is 11.8 Å². The highest BCUT2D eigenvalue weighted by Crippen LogP contribution is 2.32. The van der Waals surface area contributed by atoms with Crippen LogP contribution >= 0.6 is 11.3 Å². The number of H-pyrrole nitrogens is 1. The van der Waals surface area contributed by atoms with Crippen LogP contribution < -0.4 is 15.8 Å². The average Bonchev–Trinajstić information content (AvgIpc) is 3.24. The number of aromatic nitrogens is 3. The topological polar surface area (TPSA) is 86.4 Å². The first-order valence-electron chi connectivity index (χ1n) is 11.1. The van der Waals surface area contributed by atoms with Crippen molar-refractivity contribution in [2.75, 3.05) is 62.7 Å². The fourth-order valence-electron chi connectivity index (χ4n) is 4.21. The molecule has 164 valence electrons. The zero-order valence-corrected chi connectivity index (χ0v) is 18.4. The summed E-state index contributed by atoms with van der Waals surface area (Å²) in [4.78, 5) is 30.3. The second kappa shape index (κ2) is 9.33. The van der Waals surface area contributed by atoms with Crippen LogP contribution in [0, 0.1) is 0 Å². The van der Waals surface area contributed by atoms with Crippen molar-refractivity contribution in [3.8, 4) is 10.6 Å². The maximum Gasteiger partial charge on any atom is 0.264 e. The largest absolute Gasteiger partial charge is 0.378 e. The molecule has 2 aliphatic rings. The molecule has 0 saturated carbocycles. The van der Waals surface area contributed by atoms with Crippen LogP contribution in [0.5, 0.6) is 0 Å². The molecule has 0 bridgehead atoms. The molecule has 0 amide bonds. The summed E-state index contributed by atoms with van der Waals surface area (Å²) in [5, 5.41) is 4.16. The predicted molar refractivity (Wildman–Crippen MR) is 125 cm³/mol. The number of fused-ring (bicyclic) bond motifs is 1. The molecule has 2 saturated heterocycles. The van der Waals surface area contributed by atoms with Crippen LogP contribution in [0.2, 0.25) is 0 Å². The second-order valence-electron chi connectivity index (χ2n) is 8.03. The van der Waals surface area contributed by atoms with Crippen molar-refractivity contribution >= 4 is 33.3 Å². The molecule has 0 unspecified atom stereocenters. The van der Waals surface area contributed by atoms with E-state index in [1.807, 2.05) is 24.3 Å². The quantitative estimate of drug-likeness (QED) is 0.610. The van der Waals surface area contributed by atoms with E-state index in [-0.39, 0.29) is 5.56 Å². The normalized spacial score (nSPS) is 17.9. The minimum atomic E-state index is -0.156. The van der Waals surface area contributed by atoms with E-state index in [0.717, 1.165) is 49.5 Å². The van der Waals surface area contributed by atoms with Crippen LogP contribution in [0.3, 0.4) is 0 Å². The van der Waals surface area contributed by atoms with Crippen molar-refractivity contribution in [1.82, 2.24) is 19.9 Å². The van der Waals surface area contributed by atoms with Crippen LogP contribution in [0.25, 0.3) is 20.8 Å². The minimum Gasteiger partial charge on any atom is -0.378 e. The number of para-hydroxylation sites is 1. The van der Waals surface area contributed by atoms with Crippen LogP contribution in [-0.2, 0) is 4.74 Å². The van der Waals surface area contributed by atoms with E-state index in [9.17, 15) is 4.79 Å². The summed E-state index contributed by atoms with van der Waals surface area (Å²) in [5.41, 5.74) is 1.27. The molecule has 4 heterocycles. The van der Waals surface area contributed by atoms with Gasteiger partial charge in [0.2, 0.25) is 5.95 Å². The molecule has 2 aliphatic heterocycles. The average molecular weight is 441 g/mol. The number of benzene rings is 1. The molecule has 8 nitrogen and oxygen atoms in total. The standard InChI is InChI=1S/C22H28N6O2S/c29-20-18(21-24-16-6-2-3-7-17(16)31-21)19(23-8-11-27-9-4-1-5-10-27)25-22(26-20)28-12-14-30-15-13-28/h2-3,6-7H,1,4-5,8-15H2,(H2,23,25,26,29). The highest BCUT2D eigenvalue weighted by atomic mass is 32.1. The molecule has 9 heteroatoms. The molecule has 2 N–H and O–H groups in total. The molecule has 31 heavy (non-hydrogen) atoms. The van der Waals surface area contributed by atoms with Gasteiger partial charge in [0.15, 0.2) is 0 Å². The lowest BCUT2D eigenvalue weighted by atomic mass is 10.1. The van der Waals surface area contributed by atoms with Gasteiger partial charge in [0.1, 0.15) is 16.4 Å². The van der Waals surface area contributed by atoms with Gasteiger partial charge in [0, 0.05) is 26.2 Å². The van der Waals surface area contributed by atoms with Gasteiger partial charge < -0.3 is 19.9 Å². The SMILES string of the molecule is O=c1[nH]c(N2CCOCC2)nc(NCCN2CCCCC2)c1-c1nc2ccccc2s1. The Balaban J connectivity index is 1.46. The van der Waals surface area contributed by atoms with Gasteiger partial charge in [-0.2, -0.15) is 4.98 Å². The van der Waals surface area contributed by atoms with E-state index < -0.39 is 0 Å². The van der Waals surface area contributed by atoms with Crippen molar-refractivity contribution < 1.29 is 4.74 Å². The summed E-state index contributed by atoms with van der Waals surface area (Å²) in [7, 11) is 0. The van der Waals surface area contributed by atoms with Gasteiger partial charge in [-0.3, -0.25) is 9.78 Å². The van der Waals surface area contributed by atoms with Gasteiger partial charge in [-0.25, -0.2) is 4.98 Å². The molecule has 0 spiro atoms. The third kappa shape index (κ3) is 4.58. The highest BCUT2D eigenvalue weighted by molar-refractivity contribution is 7.21. The third-order valence-electron chi connectivity index (χ3n) is 5.89. The summed E-state index contributed by atoms with van der Waals surface area (Å²) in [6.45, 7) is 6.70. The number of morpholine rings is 1. The number of hydrogen-bond acceptors (Lipinski definition) is 8. The number of nitrogens with one attached hydrogen (secondary N) is 2. The van der Waals surface area contributed by atoms with Gasteiger partial charge in [0.05, 0.1) is 23.4 Å². The Hall–Kier alpha value is -2.49. The van der Waals surface area contributed by atoms with Crippen molar-refractivity contribution in [1.29, 1.82) is 0 Å². The van der Waals surface area contributed by atoms with E-state index in [4.69, 9.17) is 14.7 Å². The van der Waals surface area contributed by atoms with Crippen LogP contribution in [-0.4, -0.2) is 72.3 Å². The number of thiazole rings is 1. The lowest BCUT2D eigenvalue weighted by Crippen LogP contribution is -2.38. The minimum absolute atomic E-state index is 0.156. The zero-order chi connectivity index (χ0) is 21.0. The van der Waals surface area contributed by atoms with Crippen molar-refractivity contribution in [3.05, 3.63) is 34.6 Å². The van der Waals surface area contributed by atoms with E-state index >= 15 is 0 Å². The van der Waals surface area contributed by atoms with Crippen molar-refractivity contribution in [3.63, 3.8) is 0 Å². The van der Waals surface area contributed by atoms with Gasteiger partial charge in [-0.15, -0.1) is 11.3 Å². The number of ether oxygens (including phenoxy) is 1. The number of aromatic amines is 1. The predicted octanol–water partition coefficient (Wildman–Crippen LogP) is 2.78. The molecule has 0 atom stereocenters. The Labute approximate surface area is 185 Å². The molecular formula is C22H28N6O2S. The second-order valence-corrected chi connectivity index (χ2v) is 9.06. The molecule has 5 rings (SSSR count). The van der Waals surface area contributed by atoms with Gasteiger partial charge >= 0.3 is 0 Å². The number of anilines is 2. The first-order valence-corrected chi connectivity index (χ1v) is 11.9. The van der Waals surface area contributed by atoms with Gasteiger partial charge in [-0.1, -0.05) is 18.6 Å². The summed E-state index contributed by atoms with van der Waals surface area (Å²) in [6.07, 6.45) is 3.85. The number of rotatable bonds is 6. The maximum absolute atomic E-state index is 13.2. The molecule has 2 aromatic heterocycles. The maximum atomic E-state index is 13.2. The fourth-order valence-corrected chi connectivity index (χ4v) is 5.22. The number of piperidine rings is 1.